The molecule has 1 fully saturated rings. The van der Waals surface area contributed by atoms with E-state index < -0.39 is 47.2 Å². The number of nitrogen functional groups attached to an aromatic ring is 1. The Morgan fingerprint density at radius 3 is 2.52 bits per heavy atom. The molecule has 2 rings (SSSR count). The molecule has 0 amide bonds. The lowest BCUT2D eigenvalue weighted by atomic mass is 10.1. The van der Waals surface area contributed by atoms with Crippen molar-refractivity contribution < 1.29 is 22.7 Å². The van der Waals surface area contributed by atoms with Gasteiger partial charge in [-0.1, -0.05) is 19.9 Å². The third-order valence-corrected chi connectivity index (χ3v) is 4.67. The van der Waals surface area contributed by atoms with Crippen molar-refractivity contribution >= 4 is 43.5 Å². The Morgan fingerprint density at radius 1 is 1.35 bits per heavy atom. The largest absolute Gasteiger partial charge is 0.460 e. The Kier molecular flexibility index (Phi) is 5.15. The Morgan fingerprint density at radius 2 is 1.96 bits per heavy atom. The van der Waals surface area contributed by atoms with Gasteiger partial charge in [0.1, 0.15) is 12.4 Å². The minimum absolute atomic E-state index is 0.0600. The van der Waals surface area contributed by atoms with Gasteiger partial charge in [0.05, 0.1) is 20.6 Å². The van der Waals surface area contributed by atoms with E-state index in [1.807, 2.05) is 19.9 Å². The Labute approximate surface area is 148 Å². The predicted octanol–water partition coefficient (Wildman–Crippen LogP) is 4.63. The predicted molar refractivity (Wildman–Crippen MR) is 87.2 cm³/mol. The second-order valence-electron chi connectivity index (χ2n) is 5.94. The van der Waals surface area contributed by atoms with Gasteiger partial charge in [0.25, 0.3) is 0 Å². The number of hydrogen-bond donors (Lipinski definition) is 1. The lowest BCUT2D eigenvalue weighted by Crippen LogP contribution is -2.13. The molecule has 1 saturated carbocycles. The van der Waals surface area contributed by atoms with E-state index in [0.717, 1.165) is 0 Å². The maximum absolute atomic E-state index is 13.7. The van der Waals surface area contributed by atoms with Gasteiger partial charge in [-0.25, -0.2) is 13.2 Å². The number of halogens is 5. The van der Waals surface area contributed by atoms with Crippen molar-refractivity contribution in [2.24, 2.45) is 17.3 Å². The summed E-state index contributed by atoms with van der Waals surface area (Å²) in [6.45, 7) is 3.16. The molecule has 0 unspecified atom stereocenters. The van der Waals surface area contributed by atoms with Crippen LogP contribution < -0.4 is 5.73 Å². The number of ether oxygens (including phenoxy) is 1. The van der Waals surface area contributed by atoms with E-state index in [9.17, 15) is 18.0 Å². The fourth-order valence-electron chi connectivity index (χ4n) is 2.61. The highest BCUT2D eigenvalue weighted by Gasteiger charge is 2.61. The maximum Gasteiger partial charge on any atom is 0.310 e. The molecule has 1 aliphatic rings. The molecule has 8 heteroatoms. The van der Waals surface area contributed by atoms with E-state index in [1.165, 1.54) is 0 Å². The quantitative estimate of drug-likeness (QED) is 0.408. The first-order valence-electron chi connectivity index (χ1n) is 6.68. The van der Waals surface area contributed by atoms with Gasteiger partial charge in [-0.3, -0.25) is 4.79 Å². The van der Waals surface area contributed by atoms with Crippen molar-refractivity contribution in [3.05, 3.63) is 38.5 Å². The van der Waals surface area contributed by atoms with E-state index in [0.29, 0.717) is 9.46 Å². The van der Waals surface area contributed by atoms with Gasteiger partial charge in [-0.2, -0.15) is 0 Å². The molecule has 1 aromatic rings. The van der Waals surface area contributed by atoms with Crippen LogP contribution in [0, 0.1) is 34.7 Å². The number of rotatable bonds is 4. The first kappa shape index (κ1) is 18.3. The molecule has 0 aromatic heterocycles. The van der Waals surface area contributed by atoms with Gasteiger partial charge in [0.15, 0.2) is 11.6 Å². The van der Waals surface area contributed by atoms with Crippen molar-refractivity contribution in [1.82, 2.24) is 0 Å². The number of carbonyl (C=O) groups is 1. The molecular formula is C15H14Br2F3NO2. The van der Waals surface area contributed by atoms with Gasteiger partial charge >= 0.3 is 5.97 Å². The van der Waals surface area contributed by atoms with E-state index >= 15 is 0 Å². The molecule has 126 valence electrons. The third-order valence-electron chi connectivity index (χ3n) is 4.14. The highest BCUT2D eigenvalue weighted by Crippen LogP contribution is 2.60. The first-order valence-corrected chi connectivity index (χ1v) is 8.27. The zero-order chi connectivity index (χ0) is 17.5. The normalized spacial score (nSPS) is 21.7. The monoisotopic (exact) mass is 455 g/mol. The van der Waals surface area contributed by atoms with Crippen molar-refractivity contribution in [2.45, 2.75) is 20.5 Å². The van der Waals surface area contributed by atoms with Crippen LogP contribution in [0.5, 0.6) is 0 Å². The minimum atomic E-state index is -1.38. The zero-order valence-corrected chi connectivity index (χ0v) is 15.5. The highest BCUT2D eigenvalue weighted by atomic mass is 79.9. The summed E-state index contributed by atoms with van der Waals surface area (Å²) in [5.74, 6) is -4.83. The Balaban J connectivity index is 2.11. The van der Waals surface area contributed by atoms with Crippen LogP contribution in [0.15, 0.2) is 15.5 Å². The van der Waals surface area contributed by atoms with Crippen molar-refractivity contribution in [3.8, 4) is 0 Å². The van der Waals surface area contributed by atoms with Crippen LogP contribution in [-0.4, -0.2) is 5.97 Å². The Hall–Kier alpha value is -1.02. The summed E-state index contributed by atoms with van der Waals surface area (Å²) in [7, 11) is 0. The molecule has 0 saturated heterocycles. The number of anilines is 1. The van der Waals surface area contributed by atoms with Crippen LogP contribution in [0.4, 0.5) is 18.9 Å². The molecule has 2 N–H and O–H groups in total. The molecule has 23 heavy (non-hydrogen) atoms. The van der Waals surface area contributed by atoms with Gasteiger partial charge in [0.2, 0.25) is 0 Å². The average molecular weight is 457 g/mol. The van der Waals surface area contributed by atoms with Crippen LogP contribution in [-0.2, 0) is 16.1 Å². The zero-order valence-electron chi connectivity index (χ0n) is 12.3. The summed E-state index contributed by atoms with van der Waals surface area (Å²) in [6.07, 6.45) is 1.82. The van der Waals surface area contributed by atoms with E-state index in [-0.39, 0.29) is 11.3 Å². The summed E-state index contributed by atoms with van der Waals surface area (Å²) in [5.41, 5.74) is 4.00. The second kappa shape index (κ2) is 6.47. The maximum atomic E-state index is 13.7. The molecule has 3 nitrogen and oxygen atoms in total. The van der Waals surface area contributed by atoms with Crippen molar-refractivity contribution in [1.29, 1.82) is 0 Å². The number of nitrogens with two attached hydrogens (primary N) is 1. The van der Waals surface area contributed by atoms with E-state index in [4.69, 9.17) is 10.5 Å². The molecular weight excluding hydrogens is 443 g/mol. The summed E-state index contributed by atoms with van der Waals surface area (Å²) in [5, 5.41) is 0. The molecule has 0 heterocycles. The molecule has 0 aliphatic heterocycles. The highest BCUT2D eigenvalue weighted by molar-refractivity contribution is 9.28. The number of benzene rings is 1. The Bertz CT molecular complexity index is 662. The SMILES string of the molecule is CC1(C)[C@H](C(=O)OCc2c(N)c(F)cc(F)c2F)[C@@H]1C=C(Br)Br. The van der Waals surface area contributed by atoms with Crippen LogP contribution in [0.2, 0.25) is 0 Å². The third kappa shape index (κ3) is 3.57. The summed E-state index contributed by atoms with van der Waals surface area (Å²) >= 11 is 6.46. The summed E-state index contributed by atoms with van der Waals surface area (Å²) in [4.78, 5) is 12.1. The summed E-state index contributed by atoms with van der Waals surface area (Å²) < 4.78 is 46.0. The van der Waals surface area contributed by atoms with Crippen LogP contribution in [0.25, 0.3) is 0 Å². The van der Waals surface area contributed by atoms with Crippen molar-refractivity contribution in [2.75, 3.05) is 5.73 Å². The molecule has 0 spiro atoms. The summed E-state index contributed by atoms with van der Waals surface area (Å²) in [6, 6.07) is 0.355. The van der Waals surface area contributed by atoms with Crippen LogP contribution in [0.3, 0.4) is 0 Å². The average Bonchev–Trinajstić information content (AvgIpc) is 2.96. The van der Waals surface area contributed by atoms with Gasteiger partial charge in [-0.15, -0.1) is 0 Å². The fraction of sp³-hybridized carbons (Fsp3) is 0.400. The fourth-order valence-corrected chi connectivity index (χ4v) is 3.18. The molecule has 0 bridgehead atoms. The second-order valence-corrected chi connectivity index (χ2v) is 8.71. The smallest absolute Gasteiger partial charge is 0.310 e. The van der Waals surface area contributed by atoms with Gasteiger partial charge in [-0.05, 0) is 43.2 Å². The number of carbonyl (C=O) groups excluding carboxylic acids is 1. The van der Waals surface area contributed by atoms with E-state index in [1.54, 1.807) is 0 Å². The molecule has 1 aromatic carbocycles. The number of esters is 1. The van der Waals surface area contributed by atoms with E-state index in [2.05, 4.69) is 31.9 Å². The molecule has 0 radical (unpaired) electrons. The van der Waals surface area contributed by atoms with Crippen LogP contribution >= 0.6 is 31.9 Å². The molecule has 2 atom stereocenters. The van der Waals surface area contributed by atoms with Gasteiger partial charge < -0.3 is 10.5 Å². The topological polar surface area (TPSA) is 52.3 Å². The van der Waals surface area contributed by atoms with Crippen LogP contribution in [0.1, 0.15) is 19.4 Å². The first-order chi connectivity index (χ1) is 10.6. The number of allylic oxidation sites excluding steroid dienone is 1. The number of hydrogen-bond acceptors (Lipinski definition) is 3. The molecule has 1 aliphatic carbocycles. The minimum Gasteiger partial charge on any atom is -0.460 e. The van der Waals surface area contributed by atoms with Crippen molar-refractivity contribution in [3.63, 3.8) is 0 Å². The van der Waals surface area contributed by atoms with Gasteiger partial charge in [0, 0.05) is 6.07 Å². The lowest BCUT2D eigenvalue weighted by molar-refractivity contribution is -0.147. The standard InChI is InChI=1S/C15H14Br2F3NO2/c1-15(2)7(3-10(16)17)11(15)14(22)23-5-6-12(20)8(18)4-9(19)13(6)21/h3-4,7,11H,5,21H2,1-2H3/t7-,11-/m0/s1. The lowest BCUT2D eigenvalue weighted by Gasteiger charge is -2.10.